The molecule has 0 aliphatic carbocycles. The summed E-state index contributed by atoms with van der Waals surface area (Å²) in [5, 5.41) is 2.03. The standard InChI is InChI=1S/C4H3NO2.Hg/c6-3-1-2-4(7)5-3;/h1-2H,(H,5,6,7);. The van der Waals surface area contributed by atoms with Crippen molar-refractivity contribution < 1.29 is 37.3 Å². The van der Waals surface area contributed by atoms with Crippen LogP contribution < -0.4 is 5.32 Å². The molecule has 0 bridgehead atoms. The van der Waals surface area contributed by atoms with Crippen LogP contribution in [-0.2, 0) is 37.3 Å². The van der Waals surface area contributed by atoms with E-state index in [0.29, 0.717) is 0 Å². The average Bonchev–Trinajstić information content (AvgIpc) is 1.87. The van der Waals surface area contributed by atoms with Gasteiger partial charge in [0.1, 0.15) is 0 Å². The van der Waals surface area contributed by atoms with Crippen molar-refractivity contribution >= 4 is 11.8 Å². The van der Waals surface area contributed by atoms with Crippen molar-refractivity contribution in [2.75, 3.05) is 0 Å². The molecule has 0 saturated carbocycles. The minimum atomic E-state index is -0.329. The molecule has 4 heteroatoms. The van der Waals surface area contributed by atoms with Crippen LogP contribution in [0.5, 0.6) is 0 Å². The number of hydrogen-bond acceptors (Lipinski definition) is 2. The SMILES string of the molecule is O=C1C=CC(=O)N1.[Hg]. The number of carbonyl (C=O) groups is 2. The van der Waals surface area contributed by atoms with Gasteiger partial charge in [0.25, 0.3) is 11.8 Å². The molecule has 0 atom stereocenters. The number of carbonyl (C=O) groups excluding carboxylic acids is 2. The summed E-state index contributed by atoms with van der Waals surface area (Å²) in [6, 6.07) is 0. The molecular weight excluding hydrogens is 295 g/mol. The average molecular weight is 298 g/mol. The van der Waals surface area contributed by atoms with Crippen molar-refractivity contribution in [3.63, 3.8) is 0 Å². The van der Waals surface area contributed by atoms with Gasteiger partial charge in [-0.15, -0.1) is 0 Å². The van der Waals surface area contributed by atoms with E-state index >= 15 is 0 Å². The monoisotopic (exact) mass is 299 g/mol. The van der Waals surface area contributed by atoms with Crippen LogP contribution in [0.25, 0.3) is 0 Å². The Balaban J connectivity index is 0.000000490. The molecule has 0 aromatic carbocycles. The summed E-state index contributed by atoms with van der Waals surface area (Å²) in [5.74, 6) is -0.657. The zero-order valence-electron chi connectivity index (χ0n) is 4.18. The maximum absolute atomic E-state index is 10.0. The summed E-state index contributed by atoms with van der Waals surface area (Å²) >= 11 is 0. The maximum atomic E-state index is 10.0. The van der Waals surface area contributed by atoms with Crippen LogP contribution in [0.1, 0.15) is 0 Å². The van der Waals surface area contributed by atoms with E-state index in [-0.39, 0.29) is 39.5 Å². The number of rotatable bonds is 0. The third-order valence-corrected chi connectivity index (χ3v) is 0.632. The maximum Gasteiger partial charge on any atom is 0.250 e. The van der Waals surface area contributed by atoms with E-state index in [1.54, 1.807) is 0 Å². The van der Waals surface area contributed by atoms with Gasteiger partial charge in [-0.2, -0.15) is 0 Å². The van der Waals surface area contributed by atoms with Crippen molar-refractivity contribution in [3.05, 3.63) is 12.2 Å². The first-order valence-corrected chi connectivity index (χ1v) is 1.82. The van der Waals surface area contributed by atoms with Gasteiger partial charge in [-0.25, -0.2) is 0 Å². The molecule has 1 N–H and O–H groups in total. The van der Waals surface area contributed by atoms with Gasteiger partial charge in [0.2, 0.25) is 0 Å². The van der Waals surface area contributed by atoms with Crippen LogP contribution in [0.3, 0.4) is 0 Å². The Morgan fingerprint density at radius 1 is 1.12 bits per heavy atom. The van der Waals surface area contributed by atoms with Crippen molar-refractivity contribution in [1.29, 1.82) is 0 Å². The van der Waals surface area contributed by atoms with Crippen molar-refractivity contribution in [2.24, 2.45) is 0 Å². The predicted molar refractivity (Wildman–Crippen MR) is 22.3 cm³/mol. The van der Waals surface area contributed by atoms with E-state index in [1.807, 2.05) is 5.32 Å². The Bertz CT molecular complexity index is 136. The molecule has 3 nitrogen and oxygen atoms in total. The number of imide groups is 1. The molecule has 1 rings (SSSR count). The molecule has 1 aliphatic rings. The smallest absolute Gasteiger partial charge is 0.250 e. The third kappa shape index (κ3) is 1.74. The summed E-state index contributed by atoms with van der Waals surface area (Å²) in [6.45, 7) is 0. The van der Waals surface area contributed by atoms with Gasteiger partial charge < -0.3 is 0 Å². The molecule has 0 saturated heterocycles. The normalized spacial score (nSPS) is 15.5. The van der Waals surface area contributed by atoms with Crippen LogP contribution in [0, 0.1) is 0 Å². The summed E-state index contributed by atoms with van der Waals surface area (Å²) < 4.78 is 0. The second-order valence-corrected chi connectivity index (χ2v) is 1.19. The van der Waals surface area contributed by atoms with E-state index in [4.69, 9.17) is 0 Å². The van der Waals surface area contributed by atoms with Crippen molar-refractivity contribution in [3.8, 4) is 0 Å². The number of hydrogen-bond donors (Lipinski definition) is 1. The molecule has 0 unspecified atom stereocenters. The summed E-state index contributed by atoms with van der Waals surface area (Å²) in [6.07, 6.45) is 2.39. The number of nitrogens with one attached hydrogen (secondary N) is 1. The summed E-state index contributed by atoms with van der Waals surface area (Å²) in [4.78, 5) is 20.1. The Kier molecular flexibility index (Phi) is 2.90. The van der Waals surface area contributed by atoms with Crippen LogP contribution in [-0.4, -0.2) is 11.8 Å². The summed E-state index contributed by atoms with van der Waals surface area (Å²) in [7, 11) is 0. The molecule has 1 aliphatic heterocycles. The van der Waals surface area contributed by atoms with Gasteiger partial charge in [-0.3, -0.25) is 14.9 Å². The second kappa shape index (κ2) is 2.97. The first-order chi connectivity index (χ1) is 3.29. The molecular formula is C4H3HgNO2. The van der Waals surface area contributed by atoms with Gasteiger partial charge in [-0.05, 0) is 0 Å². The van der Waals surface area contributed by atoms with Gasteiger partial charge >= 0.3 is 0 Å². The molecule has 38 valence electrons. The van der Waals surface area contributed by atoms with Crippen LogP contribution in [0.4, 0.5) is 0 Å². The molecule has 0 aromatic heterocycles. The van der Waals surface area contributed by atoms with Gasteiger partial charge in [0.05, 0.1) is 0 Å². The predicted octanol–water partition coefficient (Wildman–Crippen LogP) is -0.804. The van der Waals surface area contributed by atoms with E-state index in [1.165, 1.54) is 12.2 Å². The van der Waals surface area contributed by atoms with Crippen LogP contribution in [0.2, 0.25) is 0 Å². The zero-order chi connectivity index (χ0) is 5.28. The molecule has 0 fully saturated rings. The minimum absolute atomic E-state index is 0. The van der Waals surface area contributed by atoms with Gasteiger partial charge in [-0.1, -0.05) is 0 Å². The molecule has 8 heavy (non-hydrogen) atoms. The molecule has 0 radical (unpaired) electrons. The van der Waals surface area contributed by atoms with Gasteiger partial charge in [0, 0.05) is 39.8 Å². The van der Waals surface area contributed by atoms with E-state index in [2.05, 4.69) is 0 Å². The van der Waals surface area contributed by atoms with Gasteiger partial charge in [0.15, 0.2) is 0 Å². The molecule has 0 spiro atoms. The fourth-order valence-electron chi connectivity index (χ4n) is 0.356. The van der Waals surface area contributed by atoms with E-state index in [0.717, 1.165) is 0 Å². The van der Waals surface area contributed by atoms with Crippen molar-refractivity contribution in [1.82, 2.24) is 5.32 Å². The Morgan fingerprint density at radius 3 is 1.62 bits per heavy atom. The van der Waals surface area contributed by atoms with E-state index < -0.39 is 0 Å². The number of amides is 2. The zero-order valence-corrected chi connectivity index (χ0v) is 9.68. The first kappa shape index (κ1) is 7.82. The van der Waals surface area contributed by atoms with E-state index in [9.17, 15) is 9.59 Å². The van der Waals surface area contributed by atoms with Crippen molar-refractivity contribution in [2.45, 2.75) is 0 Å². The Morgan fingerprint density at radius 2 is 1.50 bits per heavy atom. The molecule has 0 aromatic rings. The topological polar surface area (TPSA) is 46.2 Å². The molecule has 1 heterocycles. The van der Waals surface area contributed by atoms with Crippen LogP contribution in [0.15, 0.2) is 12.2 Å². The Labute approximate surface area is 66.6 Å². The fourth-order valence-corrected chi connectivity index (χ4v) is 0.356. The second-order valence-electron chi connectivity index (χ2n) is 1.19. The quantitative estimate of drug-likeness (QED) is 0.470. The fraction of sp³-hybridized carbons (Fsp3) is 0. The third-order valence-electron chi connectivity index (χ3n) is 0.632. The largest absolute Gasteiger partial charge is 0.289 e. The first-order valence-electron chi connectivity index (χ1n) is 1.82. The minimum Gasteiger partial charge on any atom is -0.289 e. The Hall–Kier alpha value is -0.185. The molecule has 2 amide bonds. The summed E-state index contributed by atoms with van der Waals surface area (Å²) in [5.41, 5.74) is 0. The van der Waals surface area contributed by atoms with Crippen LogP contribution >= 0.6 is 0 Å².